The summed E-state index contributed by atoms with van der Waals surface area (Å²) in [5.41, 5.74) is 2.96. The molecule has 2 aromatic carbocycles. The second-order valence-corrected chi connectivity index (χ2v) is 6.20. The van der Waals surface area contributed by atoms with Gasteiger partial charge in [-0.25, -0.2) is 0 Å². The summed E-state index contributed by atoms with van der Waals surface area (Å²) >= 11 is 0. The molecule has 0 saturated carbocycles. The van der Waals surface area contributed by atoms with Crippen LogP contribution < -0.4 is 10.6 Å². The first-order valence-electron chi connectivity index (χ1n) is 8.84. The van der Waals surface area contributed by atoms with E-state index in [9.17, 15) is 14.4 Å². The van der Waals surface area contributed by atoms with Crippen LogP contribution in [-0.2, 0) is 14.3 Å². The van der Waals surface area contributed by atoms with E-state index in [-0.39, 0.29) is 12.4 Å². The topological polar surface area (TPSA) is 111 Å². The minimum absolute atomic E-state index is 0.138. The Morgan fingerprint density at radius 3 is 2.48 bits per heavy atom. The summed E-state index contributed by atoms with van der Waals surface area (Å²) in [6.45, 7) is 1.12. The van der Waals surface area contributed by atoms with Crippen molar-refractivity contribution >= 4 is 23.7 Å². The third-order valence-corrected chi connectivity index (χ3v) is 3.91. The van der Waals surface area contributed by atoms with Gasteiger partial charge in [0.2, 0.25) is 5.88 Å². The number of rotatable bonds is 7. The van der Waals surface area contributed by atoms with Crippen molar-refractivity contribution in [1.29, 1.82) is 0 Å². The summed E-state index contributed by atoms with van der Waals surface area (Å²) in [4.78, 5) is 35.5. The summed E-state index contributed by atoms with van der Waals surface area (Å²) < 4.78 is 9.91. The lowest BCUT2D eigenvalue weighted by Gasteiger charge is -2.06. The maximum Gasteiger partial charge on any atom is 0.325 e. The van der Waals surface area contributed by atoms with Crippen molar-refractivity contribution in [3.05, 3.63) is 71.8 Å². The van der Waals surface area contributed by atoms with Crippen LogP contribution in [0, 0.1) is 6.92 Å². The number of hydrogen-bond donors (Lipinski definition) is 2. The number of nitrogens with zero attached hydrogens (tertiary/aromatic N) is 1. The average molecular weight is 393 g/mol. The van der Waals surface area contributed by atoms with Crippen LogP contribution >= 0.6 is 0 Å². The fourth-order valence-corrected chi connectivity index (χ4v) is 2.41. The first kappa shape index (κ1) is 19.8. The second kappa shape index (κ2) is 9.32. The Hall–Kier alpha value is -3.94. The molecule has 1 heterocycles. The van der Waals surface area contributed by atoms with E-state index in [4.69, 9.17) is 9.26 Å². The first-order valence-corrected chi connectivity index (χ1v) is 8.84. The summed E-state index contributed by atoms with van der Waals surface area (Å²) in [7, 11) is 0. The van der Waals surface area contributed by atoms with Gasteiger partial charge < -0.3 is 14.6 Å². The van der Waals surface area contributed by atoms with E-state index in [1.165, 1.54) is 0 Å². The van der Waals surface area contributed by atoms with Crippen molar-refractivity contribution < 1.29 is 23.6 Å². The fraction of sp³-hybridized carbons (Fsp3) is 0.143. The Balaban J connectivity index is 1.42. The molecule has 0 aliphatic carbocycles. The van der Waals surface area contributed by atoms with Crippen molar-refractivity contribution in [3.63, 3.8) is 0 Å². The van der Waals surface area contributed by atoms with Crippen LogP contribution in [0.4, 0.5) is 5.88 Å². The molecule has 2 amide bonds. The van der Waals surface area contributed by atoms with Crippen LogP contribution in [0.1, 0.15) is 15.9 Å². The van der Waals surface area contributed by atoms with E-state index in [0.717, 1.165) is 11.1 Å². The van der Waals surface area contributed by atoms with E-state index < -0.39 is 24.4 Å². The van der Waals surface area contributed by atoms with Crippen LogP contribution in [0.2, 0.25) is 0 Å². The highest BCUT2D eigenvalue weighted by Crippen LogP contribution is 2.21. The number of ether oxygens (including phenoxy) is 1. The molecular weight excluding hydrogens is 374 g/mol. The minimum Gasteiger partial charge on any atom is -0.454 e. The van der Waals surface area contributed by atoms with Crippen LogP contribution in [0.5, 0.6) is 0 Å². The maximum atomic E-state index is 11.9. The van der Waals surface area contributed by atoms with Gasteiger partial charge in [0.25, 0.3) is 11.8 Å². The van der Waals surface area contributed by atoms with Gasteiger partial charge in [0.15, 0.2) is 6.61 Å². The van der Waals surface area contributed by atoms with Gasteiger partial charge in [-0.15, -0.1) is 0 Å². The smallest absolute Gasteiger partial charge is 0.325 e. The zero-order valence-corrected chi connectivity index (χ0v) is 15.7. The fourth-order valence-electron chi connectivity index (χ4n) is 2.41. The van der Waals surface area contributed by atoms with Crippen molar-refractivity contribution in [2.45, 2.75) is 6.92 Å². The number of benzene rings is 2. The summed E-state index contributed by atoms with van der Waals surface area (Å²) in [6, 6.07) is 17.7. The van der Waals surface area contributed by atoms with Gasteiger partial charge in [-0.3, -0.25) is 19.7 Å². The average Bonchev–Trinajstić information content (AvgIpc) is 3.20. The van der Waals surface area contributed by atoms with Crippen LogP contribution in [0.15, 0.2) is 65.2 Å². The summed E-state index contributed by atoms with van der Waals surface area (Å²) in [5.74, 6) is -1.59. The molecule has 3 rings (SSSR count). The number of carbonyl (C=O) groups excluding carboxylic acids is 3. The van der Waals surface area contributed by atoms with Crippen LogP contribution in [-0.4, -0.2) is 36.1 Å². The molecule has 3 aromatic rings. The summed E-state index contributed by atoms with van der Waals surface area (Å²) in [6.07, 6.45) is 0. The molecule has 0 aliphatic heterocycles. The zero-order valence-electron chi connectivity index (χ0n) is 15.7. The molecule has 0 unspecified atom stereocenters. The monoisotopic (exact) mass is 393 g/mol. The molecule has 2 N–H and O–H groups in total. The molecule has 0 atom stereocenters. The molecule has 29 heavy (non-hydrogen) atoms. The lowest BCUT2D eigenvalue weighted by atomic mass is 10.1. The highest BCUT2D eigenvalue weighted by atomic mass is 16.5. The number of nitrogens with one attached hydrogen (secondary N) is 2. The van der Waals surface area contributed by atoms with Crippen LogP contribution in [0.3, 0.4) is 0 Å². The third-order valence-electron chi connectivity index (χ3n) is 3.91. The number of aromatic nitrogens is 1. The van der Waals surface area contributed by atoms with E-state index in [0.29, 0.717) is 11.3 Å². The van der Waals surface area contributed by atoms with E-state index in [2.05, 4.69) is 15.8 Å². The minimum atomic E-state index is -0.734. The SMILES string of the molecule is Cc1ccc(-c2cc(NC(=O)COC(=O)CNC(=O)c3ccccc3)on2)cc1. The van der Waals surface area contributed by atoms with Crippen molar-refractivity contribution in [2.24, 2.45) is 0 Å². The van der Waals surface area contributed by atoms with Crippen molar-refractivity contribution in [2.75, 3.05) is 18.5 Å². The number of amides is 2. The van der Waals surface area contributed by atoms with Crippen molar-refractivity contribution in [3.8, 4) is 11.3 Å². The largest absolute Gasteiger partial charge is 0.454 e. The molecular formula is C21H19N3O5. The maximum absolute atomic E-state index is 11.9. The lowest BCUT2D eigenvalue weighted by Crippen LogP contribution is -2.32. The normalized spacial score (nSPS) is 10.2. The number of aryl methyl sites for hydroxylation is 1. The van der Waals surface area contributed by atoms with Gasteiger partial charge in [0, 0.05) is 17.2 Å². The van der Waals surface area contributed by atoms with Gasteiger partial charge in [-0.2, -0.15) is 0 Å². The van der Waals surface area contributed by atoms with E-state index >= 15 is 0 Å². The van der Waals surface area contributed by atoms with Gasteiger partial charge in [-0.05, 0) is 19.1 Å². The molecule has 8 nitrogen and oxygen atoms in total. The molecule has 1 aromatic heterocycles. The Bertz CT molecular complexity index is 997. The van der Waals surface area contributed by atoms with Gasteiger partial charge in [-0.1, -0.05) is 53.2 Å². The second-order valence-electron chi connectivity index (χ2n) is 6.20. The van der Waals surface area contributed by atoms with E-state index in [1.54, 1.807) is 36.4 Å². The van der Waals surface area contributed by atoms with Gasteiger partial charge in [0.05, 0.1) is 0 Å². The molecule has 8 heteroatoms. The highest BCUT2D eigenvalue weighted by Gasteiger charge is 2.13. The van der Waals surface area contributed by atoms with E-state index in [1.807, 2.05) is 31.2 Å². The summed E-state index contributed by atoms with van der Waals surface area (Å²) in [5, 5.41) is 8.78. The van der Waals surface area contributed by atoms with Gasteiger partial charge >= 0.3 is 5.97 Å². The standard InChI is InChI=1S/C21H19N3O5/c1-14-7-9-15(10-8-14)17-11-19(29-24-17)23-18(25)13-28-20(26)12-22-21(27)16-5-3-2-4-6-16/h2-11H,12-13H2,1H3,(H,22,27)(H,23,25). The van der Waals surface area contributed by atoms with Gasteiger partial charge in [0.1, 0.15) is 12.2 Å². The predicted molar refractivity (Wildman–Crippen MR) is 105 cm³/mol. The van der Waals surface area contributed by atoms with Crippen LogP contribution in [0.25, 0.3) is 11.3 Å². The molecule has 0 spiro atoms. The number of hydrogen-bond acceptors (Lipinski definition) is 6. The first-order chi connectivity index (χ1) is 14.0. The molecule has 0 radical (unpaired) electrons. The number of anilines is 1. The third kappa shape index (κ3) is 5.77. The molecule has 0 aliphatic rings. The zero-order chi connectivity index (χ0) is 20.6. The molecule has 0 saturated heterocycles. The number of esters is 1. The predicted octanol–water partition coefficient (Wildman–Crippen LogP) is 2.56. The molecule has 148 valence electrons. The Labute approximate surface area is 166 Å². The molecule has 0 fully saturated rings. The molecule has 0 bridgehead atoms. The Kier molecular flexibility index (Phi) is 6.36. The lowest BCUT2D eigenvalue weighted by molar-refractivity contribution is -0.146. The number of carbonyl (C=O) groups is 3. The van der Waals surface area contributed by atoms with Crippen molar-refractivity contribution in [1.82, 2.24) is 10.5 Å². The Morgan fingerprint density at radius 2 is 1.76 bits per heavy atom. The highest BCUT2D eigenvalue weighted by molar-refractivity contribution is 5.96. The Morgan fingerprint density at radius 1 is 1.03 bits per heavy atom. The quantitative estimate of drug-likeness (QED) is 0.597.